The molecule has 1 nitrogen and oxygen atoms in total. The molecule has 0 aromatic carbocycles. The molecule has 12 heavy (non-hydrogen) atoms. The molecule has 66 valence electrons. The highest BCUT2D eigenvalue weighted by Gasteiger charge is 2.44. The first-order chi connectivity index (χ1) is 5.47. The molecule has 0 spiro atoms. The first-order valence-corrected chi connectivity index (χ1v) is 4.59. The van der Waals surface area contributed by atoms with Crippen LogP contribution in [0, 0.1) is 28.6 Å². The van der Waals surface area contributed by atoms with E-state index >= 15 is 0 Å². The monoisotopic (exact) mass is 163 g/mol. The van der Waals surface area contributed by atoms with Crippen LogP contribution in [-0.2, 0) is 0 Å². The van der Waals surface area contributed by atoms with Crippen molar-refractivity contribution >= 4 is 0 Å². The Morgan fingerprint density at radius 2 is 2.08 bits per heavy atom. The van der Waals surface area contributed by atoms with E-state index in [1.54, 1.807) is 0 Å². The van der Waals surface area contributed by atoms with Gasteiger partial charge in [-0.25, -0.2) is 0 Å². The fourth-order valence-electron chi connectivity index (χ4n) is 1.37. The first-order valence-electron chi connectivity index (χ1n) is 4.59. The minimum Gasteiger partial charge on any atom is -0.193 e. The molecule has 0 bridgehead atoms. The van der Waals surface area contributed by atoms with Crippen molar-refractivity contribution in [2.24, 2.45) is 17.3 Å². The molecule has 0 radical (unpaired) electrons. The molecule has 0 N–H and O–H groups in total. The Kier molecular flexibility index (Phi) is 2.28. The predicted molar refractivity (Wildman–Crippen MR) is 50.4 cm³/mol. The summed E-state index contributed by atoms with van der Waals surface area (Å²) in [6, 6.07) is 2.27. The Balaban J connectivity index is 2.64. The first kappa shape index (κ1) is 9.32. The second-order valence-electron chi connectivity index (χ2n) is 4.69. The van der Waals surface area contributed by atoms with Gasteiger partial charge in [-0.05, 0) is 23.7 Å². The van der Waals surface area contributed by atoms with Crippen molar-refractivity contribution in [3.8, 4) is 6.07 Å². The van der Waals surface area contributed by atoms with Crippen LogP contribution in [0.4, 0.5) is 0 Å². The van der Waals surface area contributed by atoms with Gasteiger partial charge in [-0.3, -0.25) is 0 Å². The summed E-state index contributed by atoms with van der Waals surface area (Å²) in [5, 5.41) is 8.83. The summed E-state index contributed by atoms with van der Waals surface area (Å²) in [5.41, 5.74) is 1.40. The molecule has 0 aliphatic heterocycles. The van der Waals surface area contributed by atoms with Gasteiger partial charge in [-0.2, -0.15) is 5.26 Å². The normalized spacial score (nSPS) is 27.0. The third kappa shape index (κ3) is 1.88. The van der Waals surface area contributed by atoms with Crippen LogP contribution in [0.3, 0.4) is 0 Å². The Morgan fingerprint density at radius 1 is 1.58 bits per heavy atom. The van der Waals surface area contributed by atoms with Crippen LogP contribution in [0.25, 0.3) is 0 Å². The molecule has 0 saturated heterocycles. The number of rotatable bonds is 2. The summed E-state index contributed by atoms with van der Waals surface area (Å²) < 4.78 is 0. The number of nitrogens with zero attached hydrogens (tertiary/aromatic N) is 1. The highest BCUT2D eigenvalue weighted by molar-refractivity contribution is 5.26. The van der Waals surface area contributed by atoms with Gasteiger partial charge in [0.25, 0.3) is 0 Å². The van der Waals surface area contributed by atoms with Gasteiger partial charge in [0.05, 0.1) is 6.07 Å². The van der Waals surface area contributed by atoms with Gasteiger partial charge in [0.1, 0.15) is 0 Å². The van der Waals surface area contributed by atoms with E-state index in [-0.39, 0.29) is 0 Å². The predicted octanol–water partition coefficient (Wildman–Crippen LogP) is 3.14. The number of hydrogen-bond donors (Lipinski definition) is 0. The van der Waals surface area contributed by atoms with E-state index in [9.17, 15) is 0 Å². The highest BCUT2D eigenvalue weighted by atomic mass is 14.5. The second-order valence-corrected chi connectivity index (χ2v) is 4.69. The topological polar surface area (TPSA) is 23.8 Å². The van der Waals surface area contributed by atoms with Crippen LogP contribution >= 0.6 is 0 Å². The van der Waals surface area contributed by atoms with Gasteiger partial charge in [0.2, 0.25) is 0 Å². The Bertz CT molecular complexity index is 240. The van der Waals surface area contributed by atoms with Crippen molar-refractivity contribution < 1.29 is 0 Å². The van der Waals surface area contributed by atoms with Crippen LogP contribution in [0.1, 0.15) is 34.1 Å². The number of hydrogen-bond acceptors (Lipinski definition) is 1. The minimum absolute atomic E-state index is 0.381. The van der Waals surface area contributed by atoms with Crippen LogP contribution in [0.15, 0.2) is 11.6 Å². The van der Waals surface area contributed by atoms with Crippen LogP contribution < -0.4 is 0 Å². The average molecular weight is 163 g/mol. The van der Waals surface area contributed by atoms with E-state index in [1.807, 2.05) is 0 Å². The van der Waals surface area contributed by atoms with E-state index in [2.05, 4.69) is 39.8 Å². The van der Waals surface area contributed by atoms with Crippen molar-refractivity contribution in [3.63, 3.8) is 0 Å². The van der Waals surface area contributed by atoms with Gasteiger partial charge in [-0.15, -0.1) is 0 Å². The fraction of sp³-hybridized carbons (Fsp3) is 0.727. The summed E-state index contributed by atoms with van der Waals surface area (Å²) in [4.78, 5) is 0. The van der Waals surface area contributed by atoms with E-state index in [0.29, 0.717) is 17.3 Å². The zero-order valence-electron chi connectivity index (χ0n) is 8.39. The molecule has 0 aromatic rings. The third-order valence-electron chi connectivity index (χ3n) is 2.72. The van der Waals surface area contributed by atoms with Crippen molar-refractivity contribution in [2.75, 3.05) is 0 Å². The van der Waals surface area contributed by atoms with Crippen molar-refractivity contribution in [2.45, 2.75) is 34.1 Å². The lowest BCUT2D eigenvalue weighted by Crippen LogP contribution is -1.94. The maximum atomic E-state index is 8.83. The molecule has 1 unspecified atom stereocenters. The van der Waals surface area contributed by atoms with Gasteiger partial charge in [0.15, 0.2) is 0 Å². The number of allylic oxidation sites excluding steroid dienone is 2. The van der Waals surface area contributed by atoms with E-state index in [4.69, 9.17) is 5.26 Å². The summed E-state index contributed by atoms with van der Waals surface area (Å²) >= 11 is 0. The smallest absolute Gasteiger partial charge is 0.0946 e. The highest BCUT2D eigenvalue weighted by Crippen LogP contribution is 2.53. The lowest BCUT2D eigenvalue weighted by atomic mass is 10.0. The molecule has 1 fully saturated rings. The molecule has 1 saturated carbocycles. The zero-order valence-corrected chi connectivity index (χ0v) is 8.39. The molecular formula is C11H17N. The maximum Gasteiger partial charge on any atom is 0.0946 e. The largest absolute Gasteiger partial charge is 0.193 e. The number of nitriles is 1. The average Bonchev–Trinajstić information content (AvgIpc) is 2.53. The summed E-state index contributed by atoms with van der Waals surface area (Å²) in [6.45, 7) is 8.65. The fourth-order valence-corrected chi connectivity index (χ4v) is 1.37. The van der Waals surface area contributed by atoms with E-state index < -0.39 is 0 Å². The Hall–Kier alpha value is -0.770. The molecule has 1 rings (SSSR count). The molecule has 0 heterocycles. The molecule has 1 aliphatic carbocycles. The minimum atomic E-state index is 0.381. The van der Waals surface area contributed by atoms with Crippen molar-refractivity contribution in [1.29, 1.82) is 5.26 Å². The van der Waals surface area contributed by atoms with E-state index in [0.717, 1.165) is 5.57 Å². The van der Waals surface area contributed by atoms with Crippen molar-refractivity contribution in [3.05, 3.63) is 11.6 Å². The Morgan fingerprint density at radius 3 is 2.33 bits per heavy atom. The second kappa shape index (κ2) is 2.94. The molecule has 0 amide bonds. The maximum absolute atomic E-state index is 8.83. The van der Waals surface area contributed by atoms with Gasteiger partial charge in [0, 0.05) is 5.57 Å². The molecule has 1 aliphatic rings. The van der Waals surface area contributed by atoms with Crippen LogP contribution in [0.2, 0.25) is 0 Å². The zero-order chi connectivity index (χ0) is 9.35. The summed E-state index contributed by atoms with van der Waals surface area (Å²) in [7, 11) is 0. The summed E-state index contributed by atoms with van der Waals surface area (Å²) in [6.07, 6.45) is 3.40. The third-order valence-corrected chi connectivity index (χ3v) is 2.72. The standard InChI is InChI=1S/C11H17N/c1-8(2)9(7-12)5-10-6-11(10,3)4/h5,8,10H,6H2,1-4H3. The van der Waals surface area contributed by atoms with Gasteiger partial charge in [-0.1, -0.05) is 33.8 Å². The molecule has 0 aromatic heterocycles. The lowest BCUT2D eigenvalue weighted by molar-refractivity contribution is 0.606. The van der Waals surface area contributed by atoms with Gasteiger partial charge >= 0.3 is 0 Å². The van der Waals surface area contributed by atoms with Gasteiger partial charge < -0.3 is 0 Å². The lowest BCUT2D eigenvalue weighted by Gasteiger charge is -2.02. The van der Waals surface area contributed by atoms with E-state index in [1.165, 1.54) is 6.42 Å². The quantitative estimate of drug-likeness (QED) is 0.574. The van der Waals surface area contributed by atoms with Crippen LogP contribution in [0.5, 0.6) is 0 Å². The van der Waals surface area contributed by atoms with Crippen molar-refractivity contribution in [1.82, 2.24) is 0 Å². The Labute approximate surface area is 75.1 Å². The summed E-state index contributed by atoms with van der Waals surface area (Å²) in [5.74, 6) is 1.03. The molecular weight excluding hydrogens is 146 g/mol. The van der Waals surface area contributed by atoms with Crippen LogP contribution in [-0.4, -0.2) is 0 Å². The molecule has 1 heteroatoms. The molecule has 1 atom stereocenters. The SMILES string of the molecule is CC(C)C(C#N)=CC1CC1(C)C.